The van der Waals surface area contributed by atoms with Crippen molar-refractivity contribution in [1.29, 1.82) is 5.41 Å². The highest BCUT2D eigenvalue weighted by Crippen LogP contribution is 2.21. The predicted octanol–water partition coefficient (Wildman–Crippen LogP) is 2.68. The van der Waals surface area contributed by atoms with E-state index in [2.05, 4.69) is 5.32 Å². The molecule has 6 N–H and O–H groups in total. The summed E-state index contributed by atoms with van der Waals surface area (Å²) in [4.78, 5) is 23.9. The molecule has 7 nitrogen and oxygen atoms in total. The van der Waals surface area contributed by atoms with Gasteiger partial charge in [0.2, 0.25) is 11.8 Å². The molecule has 1 aromatic carbocycles. The minimum atomic E-state index is -0.583. The van der Waals surface area contributed by atoms with Crippen LogP contribution in [-0.4, -0.2) is 30.7 Å². The first-order chi connectivity index (χ1) is 13.8. The molecule has 0 aliphatic heterocycles. The summed E-state index contributed by atoms with van der Waals surface area (Å²) >= 11 is 0. The van der Waals surface area contributed by atoms with Crippen LogP contribution in [0.2, 0.25) is 0 Å². The van der Waals surface area contributed by atoms with E-state index >= 15 is 0 Å². The molecule has 0 radical (unpaired) electrons. The highest BCUT2D eigenvalue weighted by atomic mass is 16.5. The molecular formula is C22H28N4O3. The molecule has 0 spiro atoms. The zero-order valence-corrected chi connectivity index (χ0v) is 16.8. The van der Waals surface area contributed by atoms with E-state index in [1.54, 1.807) is 12.1 Å². The Morgan fingerprint density at radius 3 is 2.79 bits per heavy atom. The van der Waals surface area contributed by atoms with Crippen molar-refractivity contribution in [2.45, 2.75) is 26.7 Å². The van der Waals surface area contributed by atoms with Gasteiger partial charge in [-0.1, -0.05) is 19.1 Å². The zero-order valence-electron chi connectivity index (χ0n) is 16.8. The second-order valence-corrected chi connectivity index (χ2v) is 6.81. The zero-order chi connectivity index (χ0) is 21.4. The van der Waals surface area contributed by atoms with Crippen LogP contribution in [0.4, 0.5) is 5.69 Å². The molecule has 1 atom stereocenters. The maximum absolute atomic E-state index is 12.5. The summed E-state index contributed by atoms with van der Waals surface area (Å²) < 4.78 is 5.31. The van der Waals surface area contributed by atoms with Gasteiger partial charge in [-0.2, -0.15) is 0 Å². The van der Waals surface area contributed by atoms with E-state index in [4.69, 9.17) is 21.6 Å². The van der Waals surface area contributed by atoms with E-state index in [0.717, 1.165) is 0 Å². The number of carbonyl (C=O) groups is 2. The van der Waals surface area contributed by atoms with Crippen molar-refractivity contribution in [3.8, 4) is 0 Å². The molecule has 0 saturated carbocycles. The number of carbonyl (C=O) groups excluding carboxylic acids is 2. The highest BCUT2D eigenvalue weighted by Gasteiger charge is 2.16. The van der Waals surface area contributed by atoms with Crippen LogP contribution in [0.5, 0.6) is 0 Å². The number of hydrogen-bond donors (Lipinski definition) is 4. The lowest BCUT2D eigenvalue weighted by Gasteiger charge is -2.14. The first-order valence-corrected chi connectivity index (χ1v) is 9.59. The molecule has 0 fully saturated rings. The summed E-state index contributed by atoms with van der Waals surface area (Å²) in [6.07, 6.45) is 8.55. The molecule has 0 aromatic heterocycles. The lowest BCUT2D eigenvalue weighted by molar-refractivity contribution is -0.124. The number of nitrogens with one attached hydrogen (secondary N) is 2. The van der Waals surface area contributed by atoms with Gasteiger partial charge in [0, 0.05) is 41.6 Å². The van der Waals surface area contributed by atoms with Crippen LogP contribution in [0.1, 0.15) is 42.6 Å². The minimum absolute atomic E-state index is 0.108. The summed E-state index contributed by atoms with van der Waals surface area (Å²) in [7, 11) is 0. The number of allylic oxidation sites excluding steroid dienone is 5. The number of ether oxygens (including phenoxy) is 1. The monoisotopic (exact) mass is 396 g/mol. The predicted molar refractivity (Wildman–Crippen MR) is 115 cm³/mol. The van der Waals surface area contributed by atoms with Gasteiger partial charge in [0.15, 0.2) is 0 Å². The van der Waals surface area contributed by atoms with Crippen LogP contribution < -0.4 is 16.8 Å². The number of amides is 2. The molecule has 0 saturated heterocycles. The fourth-order valence-electron chi connectivity index (χ4n) is 2.80. The number of primary amides is 1. The Bertz CT molecular complexity index is 884. The minimum Gasteiger partial charge on any atom is -0.398 e. The molecule has 1 aliphatic carbocycles. The van der Waals surface area contributed by atoms with E-state index in [-0.39, 0.29) is 23.1 Å². The Morgan fingerprint density at radius 1 is 1.34 bits per heavy atom. The number of hydrogen-bond acceptors (Lipinski definition) is 5. The van der Waals surface area contributed by atoms with Gasteiger partial charge in [-0.25, -0.2) is 0 Å². The lowest BCUT2D eigenvalue weighted by atomic mass is 9.97. The third-order valence-electron chi connectivity index (χ3n) is 4.59. The van der Waals surface area contributed by atoms with Gasteiger partial charge in [-0.3, -0.25) is 15.0 Å². The third kappa shape index (κ3) is 6.15. The first kappa shape index (κ1) is 22.1. The molecule has 0 heterocycles. The van der Waals surface area contributed by atoms with Crippen molar-refractivity contribution in [3.05, 3.63) is 64.9 Å². The number of nitrogens with two attached hydrogens (primary N) is 2. The topological polar surface area (TPSA) is 131 Å². The van der Waals surface area contributed by atoms with E-state index in [1.165, 1.54) is 12.1 Å². The van der Waals surface area contributed by atoms with Crippen molar-refractivity contribution in [2.75, 3.05) is 18.9 Å². The fraction of sp³-hybridized carbons (Fsp3) is 0.318. The Hall–Kier alpha value is -3.19. The summed E-state index contributed by atoms with van der Waals surface area (Å²) in [5.74, 6) is -0.891. The first-order valence-electron chi connectivity index (χ1n) is 9.59. The van der Waals surface area contributed by atoms with Gasteiger partial charge in [0.25, 0.3) is 0 Å². The quantitative estimate of drug-likeness (QED) is 0.290. The summed E-state index contributed by atoms with van der Waals surface area (Å²) in [6.45, 7) is 4.93. The SMILES string of the molecule is CCOCCC(C)C(=O)NC1=CC(C(=N)c2cc(C(N)=O)ccc2N)=CCC=C1. The summed E-state index contributed by atoms with van der Waals surface area (Å²) in [5, 5.41) is 11.5. The molecule has 154 valence electrons. The molecule has 2 amide bonds. The van der Waals surface area contributed by atoms with Crippen LogP contribution in [-0.2, 0) is 9.53 Å². The molecule has 1 aromatic rings. The van der Waals surface area contributed by atoms with E-state index in [9.17, 15) is 9.59 Å². The lowest BCUT2D eigenvalue weighted by Crippen LogP contribution is -2.29. The maximum Gasteiger partial charge on any atom is 0.248 e. The van der Waals surface area contributed by atoms with Gasteiger partial charge < -0.3 is 21.5 Å². The van der Waals surface area contributed by atoms with Gasteiger partial charge in [-0.05, 0) is 55.7 Å². The average molecular weight is 396 g/mol. The van der Waals surface area contributed by atoms with Crippen molar-refractivity contribution < 1.29 is 14.3 Å². The molecule has 1 aliphatic rings. The summed E-state index contributed by atoms with van der Waals surface area (Å²) in [5.41, 5.74) is 13.8. The normalized spacial score (nSPS) is 14.4. The third-order valence-corrected chi connectivity index (χ3v) is 4.59. The Balaban J connectivity index is 2.18. The number of benzene rings is 1. The van der Waals surface area contributed by atoms with E-state index in [1.807, 2.05) is 32.1 Å². The smallest absolute Gasteiger partial charge is 0.248 e. The van der Waals surface area contributed by atoms with Crippen molar-refractivity contribution >= 4 is 23.2 Å². The van der Waals surface area contributed by atoms with Crippen LogP contribution >= 0.6 is 0 Å². The number of rotatable bonds is 9. The van der Waals surface area contributed by atoms with Crippen LogP contribution in [0, 0.1) is 11.3 Å². The van der Waals surface area contributed by atoms with Crippen molar-refractivity contribution in [3.63, 3.8) is 0 Å². The highest BCUT2D eigenvalue weighted by molar-refractivity contribution is 6.16. The molecule has 2 rings (SSSR count). The average Bonchev–Trinajstić information content (AvgIpc) is 2.93. The fourth-order valence-corrected chi connectivity index (χ4v) is 2.80. The van der Waals surface area contributed by atoms with Crippen LogP contribution in [0.15, 0.2) is 53.8 Å². The number of nitrogen functional groups attached to an aromatic ring is 1. The Labute approximate surface area is 171 Å². The molecular weight excluding hydrogens is 368 g/mol. The Morgan fingerprint density at radius 2 is 2.10 bits per heavy atom. The Kier molecular flexibility index (Phi) is 7.91. The number of anilines is 1. The maximum atomic E-state index is 12.5. The van der Waals surface area contributed by atoms with E-state index < -0.39 is 5.91 Å². The largest absolute Gasteiger partial charge is 0.398 e. The molecule has 1 unspecified atom stereocenters. The molecule has 7 heteroatoms. The van der Waals surface area contributed by atoms with Gasteiger partial charge in [0.05, 0.1) is 5.71 Å². The second-order valence-electron chi connectivity index (χ2n) is 6.81. The standard InChI is InChI=1S/C22H28N4O3/c1-3-29-11-10-14(2)22(28)26-17-7-5-4-6-15(12-17)20(24)18-13-16(21(25)27)8-9-19(18)23/h5-9,12-14,24H,3-4,10-11,23H2,1-2H3,(H2,25,27)(H,26,28). The molecule has 0 bridgehead atoms. The molecule has 29 heavy (non-hydrogen) atoms. The van der Waals surface area contributed by atoms with Gasteiger partial charge in [-0.15, -0.1) is 0 Å². The second kappa shape index (κ2) is 10.4. The van der Waals surface area contributed by atoms with Crippen molar-refractivity contribution in [1.82, 2.24) is 5.32 Å². The summed E-state index contributed by atoms with van der Waals surface area (Å²) in [6, 6.07) is 4.61. The van der Waals surface area contributed by atoms with Crippen molar-refractivity contribution in [2.24, 2.45) is 11.7 Å². The van der Waals surface area contributed by atoms with Crippen LogP contribution in [0.3, 0.4) is 0 Å². The van der Waals surface area contributed by atoms with Crippen LogP contribution in [0.25, 0.3) is 0 Å². The van der Waals surface area contributed by atoms with E-state index in [0.29, 0.717) is 48.6 Å². The van der Waals surface area contributed by atoms with Gasteiger partial charge in [0.1, 0.15) is 0 Å². The van der Waals surface area contributed by atoms with Gasteiger partial charge >= 0.3 is 0 Å².